The van der Waals surface area contributed by atoms with Gasteiger partial charge in [0.25, 0.3) is 0 Å². The maximum Gasteiger partial charge on any atom is 0.216 e. The number of ether oxygens (including phenoxy) is 1. The van der Waals surface area contributed by atoms with Crippen molar-refractivity contribution < 1.29 is 4.74 Å². The largest absolute Gasteiger partial charge is 0.481 e. The van der Waals surface area contributed by atoms with E-state index < -0.39 is 0 Å². The molecule has 0 saturated heterocycles. The molecule has 3 nitrogen and oxygen atoms in total. The summed E-state index contributed by atoms with van der Waals surface area (Å²) in [7, 11) is 1.59. The first kappa shape index (κ1) is 9.65. The Balaban J connectivity index is 2.40. The molecule has 1 aromatic carbocycles. The molecule has 0 saturated carbocycles. The molecule has 0 spiro atoms. The third kappa shape index (κ3) is 2.13. The topological polar surface area (TPSA) is 35.0 Å². The van der Waals surface area contributed by atoms with Gasteiger partial charge in [0, 0.05) is 17.8 Å². The van der Waals surface area contributed by atoms with Crippen molar-refractivity contribution in [3.05, 3.63) is 49.0 Å². The third-order valence-electron chi connectivity index (χ3n) is 2.05. The zero-order valence-corrected chi connectivity index (χ0v) is 8.47. The van der Waals surface area contributed by atoms with E-state index in [1.807, 2.05) is 24.3 Å². The number of benzene rings is 1. The van der Waals surface area contributed by atoms with E-state index in [1.54, 1.807) is 19.4 Å². The van der Waals surface area contributed by atoms with Gasteiger partial charge in [-0.25, -0.2) is 4.98 Å². The van der Waals surface area contributed by atoms with E-state index in [0.29, 0.717) is 11.7 Å². The highest BCUT2D eigenvalue weighted by Crippen LogP contribution is 2.17. The Morgan fingerprint density at radius 3 is 2.53 bits per heavy atom. The fourth-order valence-corrected chi connectivity index (χ4v) is 1.25. The van der Waals surface area contributed by atoms with Crippen molar-refractivity contribution >= 4 is 0 Å². The van der Waals surface area contributed by atoms with Crippen LogP contribution < -0.4 is 4.74 Å². The Morgan fingerprint density at radius 2 is 1.87 bits per heavy atom. The van der Waals surface area contributed by atoms with Crippen LogP contribution in [0.4, 0.5) is 0 Å². The number of rotatable bonds is 2. The minimum absolute atomic E-state index is 0.568. The summed E-state index contributed by atoms with van der Waals surface area (Å²) in [4.78, 5) is 8.41. The molecule has 1 heterocycles. The van der Waals surface area contributed by atoms with Gasteiger partial charge in [-0.15, -0.1) is 0 Å². The van der Waals surface area contributed by atoms with E-state index in [0.717, 1.165) is 11.1 Å². The molecule has 3 heteroatoms. The van der Waals surface area contributed by atoms with Crippen molar-refractivity contribution in [3.63, 3.8) is 0 Å². The normalized spacial score (nSPS) is 10.0. The average Bonchev–Trinajstić information content (AvgIpc) is 2.30. The van der Waals surface area contributed by atoms with Crippen molar-refractivity contribution in [2.24, 2.45) is 0 Å². The van der Waals surface area contributed by atoms with Crippen molar-refractivity contribution in [2.45, 2.75) is 0 Å². The van der Waals surface area contributed by atoms with Crippen LogP contribution in [0, 0.1) is 6.92 Å². The first-order valence-corrected chi connectivity index (χ1v) is 4.59. The standard InChI is InChI=1S/C12H11N2O/c1-9-3-5-10(6-4-9)12-13-8-7-11(14-12)15-2/h3-8H,1H2,2H3. The maximum atomic E-state index is 5.04. The lowest BCUT2D eigenvalue weighted by Gasteiger charge is -2.02. The van der Waals surface area contributed by atoms with Crippen LogP contribution in [0.3, 0.4) is 0 Å². The summed E-state index contributed by atoms with van der Waals surface area (Å²) in [5, 5.41) is 0. The molecule has 0 unspecified atom stereocenters. The lowest BCUT2D eigenvalue weighted by molar-refractivity contribution is 0.397. The summed E-state index contributed by atoms with van der Waals surface area (Å²) in [6.45, 7) is 3.82. The minimum atomic E-state index is 0.568. The van der Waals surface area contributed by atoms with Crippen molar-refractivity contribution in [2.75, 3.05) is 7.11 Å². The second-order valence-electron chi connectivity index (χ2n) is 3.12. The van der Waals surface area contributed by atoms with Gasteiger partial charge in [0.1, 0.15) is 0 Å². The van der Waals surface area contributed by atoms with E-state index >= 15 is 0 Å². The van der Waals surface area contributed by atoms with Crippen molar-refractivity contribution in [1.29, 1.82) is 0 Å². The molecular formula is C12H11N2O. The van der Waals surface area contributed by atoms with E-state index in [4.69, 9.17) is 4.74 Å². The Hall–Kier alpha value is -1.90. The van der Waals surface area contributed by atoms with Crippen LogP contribution in [-0.4, -0.2) is 17.1 Å². The maximum absolute atomic E-state index is 5.04. The first-order chi connectivity index (χ1) is 7.29. The molecule has 2 rings (SSSR count). The van der Waals surface area contributed by atoms with Gasteiger partial charge in [0.15, 0.2) is 5.82 Å². The van der Waals surface area contributed by atoms with E-state index in [9.17, 15) is 0 Å². The van der Waals surface area contributed by atoms with Crippen LogP contribution in [0.25, 0.3) is 11.4 Å². The summed E-state index contributed by atoms with van der Waals surface area (Å²) in [6.07, 6.45) is 1.68. The van der Waals surface area contributed by atoms with Gasteiger partial charge >= 0.3 is 0 Å². The van der Waals surface area contributed by atoms with Gasteiger partial charge < -0.3 is 4.74 Å². The molecule has 0 aliphatic rings. The van der Waals surface area contributed by atoms with Crippen LogP contribution in [0.1, 0.15) is 5.56 Å². The van der Waals surface area contributed by atoms with Crippen LogP contribution in [0.2, 0.25) is 0 Å². The zero-order chi connectivity index (χ0) is 10.7. The summed E-state index contributed by atoms with van der Waals surface area (Å²) >= 11 is 0. The predicted octanol–water partition coefficient (Wildman–Crippen LogP) is 2.33. The van der Waals surface area contributed by atoms with E-state index in [2.05, 4.69) is 16.9 Å². The second kappa shape index (κ2) is 4.09. The molecule has 1 aromatic heterocycles. The van der Waals surface area contributed by atoms with Crippen LogP contribution in [0.5, 0.6) is 5.88 Å². The van der Waals surface area contributed by atoms with E-state index in [-0.39, 0.29) is 0 Å². The van der Waals surface area contributed by atoms with Crippen LogP contribution >= 0.6 is 0 Å². The Morgan fingerprint density at radius 1 is 1.13 bits per heavy atom. The molecule has 0 aliphatic heterocycles. The molecule has 0 bridgehead atoms. The third-order valence-corrected chi connectivity index (χ3v) is 2.05. The molecular weight excluding hydrogens is 188 g/mol. The molecule has 0 N–H and O–H groups in total. The second-order valence-corrected chi connectivity index (χ2v) is 3.12. The van der Waals surface area contributed by atoms with Crippen molar-refractivity contribution in [3.8, 4) is 17.3 Å². The predicted molar refractivity (Wildman–Crippen MR) is 58.5 cm³/mol. The smallest absolute Gasteiger partial charge is 0.216 e. The highest BCUT2D eigenvalue weighted by atomic mass is 16.5. The zero-order valence-electron chi connectivity index (χ0n) is 8.47. The molecule has 2 aromatic rings. The Kier molecular flexibility index (Phi) is 2.63. The number of nitrogens with zero attached hydrogens (tertiary/aromatic N) is 2. The van der Waals surface area contributed by atoms with E-state index in [1.165, 1.54) is 0 Å². The summed E-state index contributed by atoms with van der Waals surface area (Å²) < 4.78 is 5.04. The van der Waals surface area contributed by atoms with Gasteiger partial charge in [0.05, 0.1) is 7.11 Å². The van der Waals surface area contributed by atoms with Gasteiger partial charge in [-0.3, -0.25) is 0 Å². The Labute approximate surface area is 88.8 Å². The van der Waals surface area contributed by atoms with Gasteiger partial charge in [-0.05, 0) is 12.5 Å². The molecule has 1 radical (unpaired) electrons. The van der Waals surface area contributed by atoms with Gasteiger partial charge in [-0.1, -0.05) is 24.3 Å². The van der Waals surface area contributed by atoms with Crippen molar-refractivity contribution in [1.82, 2.24) is 9.97 Å². The number of methoxy groups -OCH3 is 1. The number of hydrogen-bond acceptors (Lipinski definition) is 3. The monoisotopic (exact) mass is 199 g/mol. The number of hydrogen-bond donors (Lipinski definition) is 0. The number of aromatic nitrogens is 2. The fourth-order valence-electron chi connectivity index (χ4n) is 1.25. The highest BCUT2D eigenvalue weighted by Gasteiger charge is 2.01. The lowest BCUT2D eigenvalue weighted by Crippen LogP contribution is -1.92. The average molecular weight is 199 g/mol. The molecule has 75 valence electrons. The molecule has 0 atom stereocenters. The molecule has 0 amide bonds. The van der Waals surface area contributed by atoms with Crippen LogP contribution in [-0.2, 0) is 0 Å². The Bertz CT molecular complexity index is 451. The van der Waals surface area contributed by atoms with Gasteiger partial charge in [0.2, 0.25) is 5.88 Å². The lowest BCUT2D eigenvalue weighted by atomic mass is 10.1. The highest BCUT2D eigenvalue weighted by molar-refractivity contribution is 5.55. The minimum Gasteiger partial charge on any atom is -0.481 e. The molecule has 15 heavy (non-hydrogen) atoms. The molecule has 0 fully saturated rings. The quantitative estimate of drug-likeness (QED) is 0.744. The summed E-state index contributed by atoms with van der Waals surface area (Å²) in [5.41, 5.74) is 1.93. The summed E-state index contributed by atoms with van der Waals surface area (Å²) in [6, 6.07) is 9.46. The summed E-state index contributed by atoms with van der Waals surface area (Å²) in [5.74, 6) is 1.23. The van der Waals surface area contributed by atoms with Gasteiger partial charge in [-0.2, -0.15) is 4.98 Å². The SMILES string of the molecule is [CH2]c1ccc(-c2nccc(OC)n2)cc1. The molecule has 0 aliphatic carbocycles. The first-order valence-electron chi connectivity index (χ1n) is 4.59. The van der Waals surface area contributed by atoms with Crippen LogP contribution in [0.15, 0.2) is 36.5 Å². The fraction of sp³-hybridized carbons (Fsp3) is 0.0833.